The zero-order valence-corrected chi connectivity index (χ0v) is 26.4. The highest BCUT2D eigenvalue weighted by atomic mass is 16.6. The number of hydrogen-bond acceptors (Lipinski definition) is 9. The van der Waals surface area contributed by atoms with Gasteiger partial charge in [0.25, 0.3) is 0 Å². The molecular formula is C35H42O9. The van der Waals surface area contributed by atoms with Gasteiger partial charge in [-0.2, -0.15) is 0 Å². The number of carbonyl (C=O) groups excluding carboxylic acids is 3. The zero-order chi connectivity index (χ0) is 32.1. The molecule has 236 valence electrons. The number of rotatable bonds is 16. The molecule has 0 atom stereocenters. The number of benzene rings is 3. The Bertz CT molecular complexity index is 1350. The van der Waals surface area contributed by atoms with Gasteiger partial charge in [-0.1, -0.05) is 53.1 Å². The molecule has 3 aromatic carbocycles. The Morgan fingerprint density at radius 2 is 0.864 bits per heavy atom. The van der Waals surface area contributed by atoms with Gasteiger partial charge in [-0.15, -0.1) is 0 Å². The smallest absolute Gasteiger partial charge is 0.344 e. The van der Waals surface area contributed by atoms with Crippen molar-refractivity contribution in [1.82, 2.24) is 0 Å². The molecule has 0 aliphatic carbocycles. The van der Waals surface area contributed by atoms with E-state index in [1.165, 1.54) is 0 Å². The Morgan fingerprint density at radius 3 is 1.25 bits per heavy atom. The van der Waals surface area contributed by atoms with E-state index in [0.29, 0.717) is 30.1 Å². The second-order valence-corrected chi connectivity index (χ2v) is 10.3. The third-order valence-electron chi connectivity index (χ3n) is 6.52. The van der Waals surface area contributed by atoms with Gasteiger partial charge < -0.3 is 28.4 Å². The molecule has 3 aromatic rings. The molecule has 0 radical (unpaired) electrons. The molecule has 0 bridgehead atoms. The van der Waals surface area contributed by atoms with Gasteiger partial charge in [-0.25, -0.2) is 14.4 Å². The number of esters is 3. The highest BCUT2D eigenvalue weighted by molar-refractivity contribution is 5.72. The summed E-state index contributed by atoms with van der Waals surface area (Å²) in [5, 5.41) is 0. The molecule has 0 aliphatic rings. The van der Waals surface area contributed by atoms with Crippen LogP contribution in [0.3, 0.4) is 0 Å². The van der Waals surface area contributed by atoms with Crippen molar-refractivity contribution < 1.29 is 42.8 Å². The van der Waals surface area contributed by atoms with Crippen LogP contribution in [-0.4, -0.2) is 57.5 Å². The fourth-order valence-electron chi connectivity index (χ4n) is 4.77. The Labute approximate surface area is 259 Å². The molecule has 9 nitrogen and oxygen atoms in total. The van der Waals surface area contributed by atoms with Crippen molar-refractivity contribution in [3.05, 3.63) is 87.5 Å². The van der Waals surface area contributed by atoms with Crippen molar-refractivity contribution in [3.8, 4) is 17.2 Å². The van der Waals surface area contributed by atoms with Gasteiger partial charge in [0.1, 0.15) is 17.2 Å². The molecule has 44 heavy (non-hydrogen) atoms. The fraction of sp³-hybridized carbons (Fsp3) is 0.400. The van der Waals surface area contributed by atoms with E-state index in [9.17, 15) is 14.4 Å². The van der Waals surface area contributed by atoms with Crippen molar-refractivity contribution in [2.24, 2.45) is 0 Å². The van der Waals surface area contributed by atoms with Crippen LogP contribution in [0.2, 0.25) is 0 Å². The van der Waals surface area contributed by atoms with Crippen LogP contribution in [0.25, 0.3) is 0 Å². The van der Waals surface area contributed by atoms with Crippen LogP contribution >= 0.6 is 0 Å². The van der Waals surface area contributed by atoms with E-state index < -0.39 is 17.9 Å². The molecule has 0 aromatic heterocycles. The van der Waals surface area contributed by atoms with Crippen molar-refractivity contribution >= 4 is 17.9 Å². The van der Waals surface area contributed by atoms with E-state index in [2.05, 4.69) is 0 Å². The summed E-state index contributed by atoms with van der Waals surface area (Å²) in [7, 11) is 0. The van der Waals surface area contributed by atoms with Crippen LogP contribution < -0.4 is 14.2 Å². The van der Waals surface area contributed by atoms with Gasteiger partial charge >= 0.3 is 17.9 Å². The quantitative estimate of drug-likeness (QED) is 0.152. The largest absolute Gasteiger partial charge is 0.482 e. The van der Waals surface area contributed by atoms with Gasteiger partial charge in [0.2, 0.25) is 0 Å². The van der Waals surface area contributed by atoms with E-state index in [4.69, 9.17) is 28.4 Å². The molecule has 0 spiro atoms. The first-order valence-corrected chi connectivity index (χ1v) is 14.8. The summed E-state index contributed by atoms with van der Waals surface area (Å²) in [4.78, 5) is 36.3. The van der Waals surface area contributed by atoms with Crippen LogP contribution in [0.4, 0.5) is 0 Å². The zero-order valence-electron chi connectivity index (χ0n) is 26.4. The minimum atomic E-state index is -0.479. The lowest BCUT2D eigenvalue weighted by atomic mass is 9.93. The first-order valence-electron chi connectivity index (χ1n) is 14.8. The highest BCUT2D eigenvalue weighted by Gasteiger charge is 2.19. The van der Waals surface area contributed by atoms with Crippen LogP contribution in [0.5, 0.6) is 17.2 Å². The van der Waals surface area contributed by atoms with Gasteiger partial charge in [-0.3, -0.25) is 0 Å². The standard InChI is InChI=1S/C35H42O9/c1-7-39-32(36)20-42-30-12-10-23(4)14-26(30)18-28-16-25(6)17-29(35(28)44-22-34(38)41-9-3)19-27-15-24(5)11-13-31(27)43-21-33(37)40-8-2/h10-17H,7-9,18-22H2,1-6H3. The molecule has 0 unspecified atom stereocenters. The summed E-state index contributed by atoms with van der Waals surface area (Å²) < 4.78 is 33.1. The maximum absolute atomic E-state index is 12.3. The van der Waals surface area contributed by atoms with Gasteiger partial charge in [0.15, 0.2) is 19.8 Å². The lowest BCUT2D eigenvalue weighted by Crippen LogP contribution is -2.17. The van der Waals surface area contributed by atoms with Crippen molar-refractivity contribution in [1.29, 1.82) is 0 Å². The maximum Gasteiger partial charge on any atom is 0.344 e. The van der Waals surface area contributed by atoms with Gasteiger partial charge in [-0.05, 0) is 75.9 Å². The van der Waals surface area contributed by atoms with Gasteiger partial charge in [0, 0.05) is 12.8 Å². The predicted octanol–water partition coefficient (Wildman–Crippen LogP) is 5.62. The highest BCUT2D eigenvalue weighted by Crippen LogP contribution is 2.34. The fourth-order valence-corrected chi connectivity index (χ4v) is 4.77. The summed E-state index contributed by atoms with van der Waals surface area (Å²) in [5.74, 6) is 0.268. The second kappa shape index (κ2) is 16.9. The number of hydrogen-bond donors (Lipinski definition) is 0. The van der Waals surface area contributed by atoms with Crippen molar-refractivity contribution in [2.75, 3.05) is 39.6 Å². The minimum absolute atomic E-state index is 0.211. The van der Waals surface area contributed by atoms with Crippen LogP contribution in [0.15, 0.2) is 48.5 Å². The SMILES string of the molecule is CCOC(=O)COc1ccc(C)cc1Cc1cc(C)cc(Cc2cc(C)ccc2OCC(=O)OCC)c1OCC(=O)OCC. The number of ether oxygens (including phenoxy) is 6. The molecular weight excluding hydrogens is 564 g/mol. The molecule has 0 saturated carbocycles. The molecule has 3 rings (SSSR count). The number of carbonyl (C=O) groups is 3. The molecule has 9 heteroatoms. The monoisotopic (exact) mass is 606 g/mol. The normalized spacial score (nSPS) is 10.6. The van der Waals surface area contributed by atoms with E-state index >= 15 is 0 Å². The molecule has 0 amide bonds. The Hall–Kier alpha value is -4.53. The average molecular weight is 607 g/mol. The first-order chi connectivity index (χ1) is 21.1. The topological polar surface area (TPSA) is 107 Å². The third kappa shape index (κ3) is 10.3. The third-order valence-corrected chi connectivity index (χ3v) is 6.52. The van der Waals surface area contributed by atoms with E-state index in [1.807, 2.05) is 69.3 Å². The Kier molecular flexibility index (Phi) is 13.1. The maximum atomic E-state index is 12.3. The molecule has 0 saturated heterocycles. The van der Waals surface area contributed by atoms with Crippen molar-refractivity contribution in [3.63, 3.8) is 0 Å². The minimum Gasteiger partial charge on any atom is -0.482 e. The first kappa shape index (κ1) is 34.0. The van der Waals surface area contributed by atoms with Crippen LogP contribution in [-0.2, 0) is 41.4 Å². The lowest BCUT2D eigenvalue weighted by Gasteiger charge is -2.20. The molecule has 0 N–H and O–H groups in total. The number of aryl methyl sites for hydroxylation is 3. The summed E-state index contributed by atoms with van der Waals surface area (Å²) >= 11 is 0. The molecule has 0 heterocycles. The van der Waals surface area contributed by atoms with E-state index in [0.717, 1.165) is 38.9 Å². The summed E-state index contributed by atoms with van der Waals surface area (Å²) in [6.45, 7) is 11.3. The second-order valence-electron chi connectivity index (χ2n) is 10.3. The average Bonchev–Trinajstić information content (AvgIpc) is 2.96. The Morgan fingerprint density at radius 1 is 0.500 bits per heavy atom. The Balaban J connectivity index is 2.03. The molecule has 0 fully saturated rings. The predicted molar refractivity (Wildman–Crippen MR) is 166 cm³/mol. The van der Waals surface area contributed by atoms with Crippen LogP contribution in [0.1, 0.15) is 59.7 Å². The van der Waals surface area contributed by atoms with E-state index in [1.54, 1.807) is 20.8 Å². The summed E-state index contributed by atoms with van der Waals surface area (Å²) in [5.41, 5.74) is 6.39. The van der Waals surface area contributed by atoms with Gasteiger partial charge in [0.05, 0.1) is 19.8 Å². The van der Waals surface area contributed by atoms with Crippen LogP contribution in [0, 0.1) is 20.8 Å². The van der Waals surface area contributed by atoms with E-state index in [-0.39, 0.29) is 39.6 Å². The molecule has 0 aliphatic heterocycles. The summed E-state index contributed by atoms with van der Waals surface area (Å²) in [6, 6.07) is 15.5. The lowest BCUT2D eigenvalue weighted by molar-refractivity contribution is -0.146. The summed E-state index contributed by atoms with van der Waals surface area (Å²) in [6.07, 6.45) is 0.819. The van der Waals surface area contributed by atoms with Crippen molar-refractivity contribution in [2.45, 2.75) is 54.4 Å².